The summed E-state index contributed by atoms with van der Waals surface area (Å²) in [7, 11) is 2.06. The molecule has 0 aromatic heterocycles. The van der Waals surface area contributed by atoms with E-state index in [1.165, 1.54) is 11.1 Å². The molecule has 0 saturated heterocycles. The Balaban J connectivity index is 1.43. The lowest BCUT2D eigenvalue weighted by Crippen LogP contribution is -2.35. The van der Waals surface area contributed by atoms with Crippen molar-refractivity contribution in [3.05, 3.63) is 155 Å². The van der Waals surface area contributed by atoms with E-state index < -0.39 is 0 Å². The molecule has 0 fully saturated rings. The van der Waals surface area contributed by atoms with Crippen molar-refractivity contribution in [3.8, 4) is 22.3 Å². The Morgan fingerprint density at radius 2 is 1.11 bits per heavy atom. The maximum Gasteiger partial charge on any atom is 0.159 e. The van der Waals surface area contributed by atoms with Gasteiger partial charge >= 0.3 is 0 Å². The van der Waals surface area contributed by atoms with E-state index in [-0.39, 0.29) is 6.17 Å². The average molecular weight is 512 g/mol. The van der Waals surface area contributed by atoms with Gasteiger partial charge in [0, 0.05) is 23.2 Å². The standard InChI is InChI=1S/C34H26ClN3/c1-38-33(27-12-6-3-7-13-27)36-32(26-20-18-25(19-21-26)24-10-4-2-5-11-24)37-34(38)30-16-8-14-28(22-30)29-15-9-17-31(35)23-29/h2-23,33H,1H3. The molecule has 1 unspecified atom stereocenters. The third kappa shape index (κ3) is 4.89. The molecule has 6 rings (SSSR count). The van der Waals surface area contributed by atoms with E-state index in [0.717, 1.165) is 44.5 Å². The highest BCUT2D eigenvalue weighted by molar-refractivity contribution is 6.30. The molecule has 0 N–H and O–H groups in total. The van der Waals surface area contributed by atoms with Gasteiger partial charge in [0.1, 0.15) is 12.0 Å². The van der Waals surface area contributed by atoms with Gasteiger partial charge in [-0.2, -0.15) is 0 Å². The fraction of sp³-hybridized carbons (Fsp3) is 0.0588. The lowest BCUT2D eigenvalue weighted by Gasteiger charge is -2.32. The van der Waals surface area contributed by atoms with E-state index in [0.29, 0.717) is 0 Å². The summed E-state index contributed by atoms with van der Waals surface area (Å²) >= 11 is 6.28. The summed E-state index contributed by atoms with van der Waals surface area (Å²) in [6.07, 6.45) is -0.192. The zero-order valence-corrected chi connectivity index (χ0v) is 21.8. The van der Waals surface area contributed by atoms with Crippen LogP contribution in [-0.4, -0.2) is 23.6 Å². The average Bonchev–Trinajstić information content (AvgIpc) is 2.98. The topological polar surface area (TPSA) is 28.0 Å². The molecule has 1 atom stereocenters. The second-order valence-corrected chi connectivity index (χ2v) is 9.75. The van der Waals surface area contributed by atoms with Gasteiger partial charge in [0.25, 0.3) is 0 Å². The van der Waals surface area contributed by atoms with Gasteiger partial charge in [-0.25, -0.2) is 9.98 Å². The molecule has 0 bridgehead atoms. The van der Waals surface area contributed by atoms with Crippen LogP contribution in [-0.2, 0) is 0 Å². The van der Waals surface area contributed by atoms with E-state index in [2.05, 4.69) is 115 Å². The third-order valence-corrected chi connectivity index (χ3v) is 7.02. The molecule has 1 aliphatic heterocycles. The van der Waals surface area contributed by atoms with Crippen LogP contribution in [0, 0.1) is 0 Å². The van der Waals surface area contributed by atoms with Crippen LogP contribution in [0.5, 0.6) is 0 Å². The van der Waals surface area contributed by atoms with E-state index in [9.17, 15) is 0 Å². The molecule has 0 radical (unpaired) electrons. The molecular formula is C34H26ClN3. The van der Waals surface area contributed by atoms with Crippen LogP contribution < -0.4 is 0 Å². The fourth-order valence-electron chi connectivity index (χ4n) is 4.81. The van der Waals surface area contributed by atoms with Gasteiger partial charge in [0.15, 0.2) is 5.84 Å². The van der Waals surface area contributed by atoms with Crippen molar-refractivity contribution in [3.63, 3.8) is 0 Å². The largest absolute Gasteiger partial charge is 0.333 e. The Morgan fingerprint density at radius 1 is 0.553 bits per heavy atom. The Morgan fingerprint density at radius 3 is 1.82 bits per heavy atom. The molecule has 184 valence electrons. The maximum atomic E-state index is 6.28. The number of hydrogen-bond acceptors (Lipinski definition) is 3. The molecule has 1 aliphatic rings. The van der Waals surface area contributed by atoms with Gasteiger partial charge in [-0.3, -0.25) is 0 Å². The van der Waals surface area contributed by atoms with Crippen molar-refractivity contribution < 1.29 is 0 Å². The number of benzene rings is 5. The summed E-state index contributed by atoms with van der Waals surface area (Å²) in [5, 5.41) is 0.720. The monoisotopic (exact) mass is 511 g/mol. The molecule has 0 spiro atoms. The minimum atomic E-state index is -0.192. The minimum Gasteiger partial charge on any atom is -0.333 e. The summed E-state index contributed by atoms with van der Waals surface area (Å²) < 4.78 is 0. The second kappa shape index (κ2) is 10.5. The number of aliphatic imine (C=N–C) groups is 2. The van der Waals surface area contributed by atoms with Gasteiger partial charge < -0.3 is 4.90 Å². The van der Waals surface area contributed by atoms with Gasteiger partial charge in [0.2, 0.25) is 0 Å². The van der Waals surface area contributed by atoms with Crippen LogP contribution >= 0.6 is 11.6 Å². The zero-order chi connectivity index (χ0) is 25.9. The molecule has 5 aromatic carbocycles. The summed E-state index contributed by atoms with van der Waals surface area (Å²) in [5.41, 5.74) is 7.65. The lowest BCUT2D eigenvalue weighted by atomic mass is 10.0. The van der Waals surface area contributed by atoms with Gasteiger partial charge in [-0.1, -0.05) is 127 Å². The summed E-state index contributed by atoms with van der Waals surface area (Å²) in [6.45, 7) is 0. The van der Waals surface area contributed by atoms with Gasteiger partial charge in [0.05, 0.1) is 0 Å². The highest BCUT2D eigenvalue weighted by atomic mass is 35.5. The van der Waals surface area contributed by atoms with Crippen LogP contribution in [0.4, 0.5) is 0 Å². The Bertz CT molecular complexity index is 1620. The first-order valence-electron chi connectivity index (χ1n) is 12.6. The molecule has 0 aliphatic carbocycles. The van der Waals surface area contributed by atoms with Crippen molar-refractivity contribution in [2.75, 3.05) is 7.05 Å². The Hall–Kier alpha value is -4.47. The Kier molecular flexibility index (Phi) is 6.60. The highest BCUT2D eigenvalue weighted by Gasteiger charge is 2.26. The van der Waals surface area contributed by atoms with E-state index in [4.69, 9.17) is 21.6 Å². The predicted molar refractivity (Wildman–Crippen MR) is 159 cm³/mol. The van der Waals surface area contributed by atoms with Crippen molar-refractivity contribution in [1.82, 2.24) is 4.90 Å². The maximum absolute atomic E-state index is 6.28. The highest BCUT2D eigenvalue weighted by Crippen LogP contribution is 2.31. The molecule has 4 heteroatoms. The van der Waals surface area contributed by atoms with Crippen molar-refractivity contribution >= 4 is 23.3 Å². The molecule has 3 nitrogen and oxygen atoms in total. The SMILES string of the molecule is CN1C(c2cccc(-c3cccc(Cl)c3)c2)=NC(c2ccc(-c3ccccc3)cc2)=NC1c1ccccc1. The van der Waals surface area contributed by atoms with Crippen molar-refractivity contribution in [1.29, 1.82) is 0 Å². The van der Waals surface area contributed by atoms with E-state index in [1.807, 2.05) is 30.3 Å². The first-order valence-corrected chi connectivity index (χ1v) is 13.0. The molecule has 1 heterocycles. The number of hydrogen-bond donors (Lipinski definition) is 0. The summed E-state index contributed by atoms with van der Waals surface area (Å²) in [6, 6.07) is 45.6. The van der Waals surface area contributed by atoms with Gasteiger partial charge in [-0.05, 0) is 46.0 Å². The quantitative estimate of drug-likeness (QED) is 0.232. The molecule has 0 amide bonds. The molecule has 38 heavy (non-hydrogen) atoms. The number of rotatable bonds is 5. The molecule has 5 aromatic rings. The third-order valence-electron chi connectivity index (χ3n) is 6.78. The summed E-state index contributed by atoms with van der Waals surface area (Å²) in [4.78, 5) is 12.4. The minimum absolute atomic E-state index is 0.192. The van der Waals surface area contributed by atoms with Crippen molar-refractivity contribution in [2.24, 2.45) is 9.98 Å². The van der Waals surface area contributed by atoms with Crippen molar-refractivity contribution in [2.45, 2.75) is 6.17 Å². The van der Waals surface area contributed by atoms with Crippen LogP contribution in [0.25, 0.3) is 22.3 Å². The van der Waals surface area contributed by atoms with Crippen LogP contribution in [0.3, 0.4) is 0 Å². The van der Waals surface area contributed by atoms with Crippen LogP contribution in [0.1, 0.15) is 22.9 Å². The lowest BCUT2D eigenvalue weighted by molar-refractivity contribution is 0.383. The summed E-state index contributed by atoms with van der Waals surface area (Å²) in [5.74, 6) is 1.60. The Labute approximate surface area is 228 Å². The van der Waals surface area contributed by atoms with Gasteiger partial charge in [-0.15, -0.1) is 0 Å². The molecular weight excluding hydrogens is 486 g/mol. The normalized spacial score (nSPS) is 15.1. The number of amidine groups is 2. The molecule has 0 saturated carbocycles. The fourth-order valence-corrected chi connectivity index (χ4v) is 5.00. The first kappa shape index (κ1) is 23.9. The van der Waals surface area contributed by atoms with Crippen LogP contribution in [0.2, 0.25) is 5.02 Å². The number of nitrogens with zero attached hydrogens (tertiary/aromatic N) is 3. The predicted octanol–water partition coefficient (Wildman–Crippen LogP) is 8.51. The van der Waals surface area contributed by atoms with E-state index >= 15 is 0 Å². The second-order valence-electron chi connectivity index (χ2n) is 9.32. The van der Waals surface area contributed by atoms with E-state index in [1.54, 1.807) is 0 Å². The number of halogens is 1. The zero-order valence-electron chi connectivity index (χ0n) is 21.0. The van der Waals surface area contributed by atoms with Crippen LogP contribution in [0.15, 0.2) is 143 Å². The smallest absolute Gasteiger partial charge is 0.159 e. The first-order chi connectivity index (χ1) is 18.7.